The van der Waals surface area contributed by atoms with Gasteiger partial charge in [0.25, 0.3) is 0 Å². The molecule has 0 unspecified atom stereocenters. The summed E-state index contributed by atoms with van der Waals surface area (Å²) in [6.45, 7) is 1.74. The quantitative estimate of drug-likeness (QED) is 0.764. The Morgan fingerprint density at radius 1 is 1.40 bits per heavy atom. The van der Waals surface area contributed by atoms with Crippen LogP contribution in [0.5, 0.6) is 5.75 Å². The number of hydrogen-bond acceptors (Lipinski definition) is 6. The minimum Gasteiger partial charge on any atom is -0.495 e. The lowest BCUT2D eigenvalue weighted by Gasteiger charge is -2.23. The molecule has 0 radical (unpaired) electrons. The third kappa shape index (κ3) is 4.80. The first-order chi connectivity index (χ1) is 12.0. The van der Waals surface area contributed by atoms with Gasteiger partial charge < -0.3 is 19.5 Å². The molecular formula is C15H14ClFN2O5S. The Morgan fingerprint density at radius 3 is 2.84 bits per heavy atom. The number of urea groups is 1. The number of hydrogen-bond donors (Lipinski definition) is 1. The van der Waals surface area contributed by atoms with Crippen LogP contribution in [0.1, 0.15) is 6.92 Å². The minimum absolute atomic E-state index is 0.0681. The Labute approximate surface area is 152 Å². The Bertz CT molecular complexity index is 741. The monoisotopic (exact) mass is 388 g/mol. The zero-order valence-electron chi connectivity index (χ0n) is 13.2. The first-order valence-electron chi connectivity index (χ1n) is 6.96. The van der Waals surface area contributed by atoms with Crippen LogP contribution in [0.3, 0.4) is 0 Å². The molecule has 0 bridgehead atoms. The van der Waals surface area contributed by atoms with E-state index in [1.54, 1.807) is 12.3 Å². The molecule has 1 aromatic rings. The Kier molecular flexibility index (Phi) is 6.54. The van der Waals surface area contributed by atoms with Gasteiger partial charge in [0.1, 0.15) is 11.6 Å². The van der Waals surface area contributed by atoms with Crippen molar-refractivity contribution in [2.75, 3.05) is 19.0 Å². The summed E-state index contributed by atoms with van der Waals surface area (Å²) in [4.78, 5) is 24.8. The average Bonchev–Trinajstić information content (AvgIpc) is 2.58. The first kappa shape index (κ1) is 18.9. The summed E-state index contributed by atoms with van der Waals surface area (Å²) in [6.07, 6.45) is 0.404. The van der Waals surface area contributed by atoms with Gasteiger partial charge in [0, 0.05) is 17.7 Å². The summed E-state index contributed by atoms with van der Waals surface area (Å²) in [5.41, 5.74) is -0.145. The second kappa shape index (κ2) is 8.63. The molecule has 7 nitrogen and oxygen atoms in total. The zero-order chi connectivity index (χ0) is 18.4. The number of amides is 2. The van der Waals surface area contributed by atoms with Crippen LogP contribution in [-0.2, 0) is 9.47 Å². The number of benzene rings is 1. The van der Waals surface area contributed by atoms with Crippen LogP contribution in [0.15, 0.2) is 35.0 Å². The maximum Gasteiger partial charge on any atom is 0.515 e. The van der Waals surface area contributed by atoms with Gasteiger partial charge in [0.2, 0.25) is 5.88 Å². The van der Waals surface area contributed by atoms with Crippen molar-refractivity contribution < 1.29 is 28.2 Å². The van der Waals surface area contributed by atoms with E-state index in [4.69, 9.17) is 21.1 Å². The molecule has 0 spiro atoms. The Hall–Kier alpha value is -2.39. The summed E-state index contributed by atoms with van der Waals surface area (Å²) >= 11 is 7.01. The molecule has 2 rings (SSSR count). The number of rotatable bonds is 4. The highest BCUT2D eigenvalue weighted by Crippen LogP contribution is 2.31. The molecule has 25 heavy (non-hydrogen) atoms. The van der Waals surface area contributed by atoms with E-state index in [1.165, 1.54) is 36.5 Å². The fourth-order valence-electron chi connectivity index (χ4n) is 1.75. The lowest BCUT2D eigenvalue weighted by Crippen LogP contribution is -2.32. The number of anilines is 1. The van der Waals surface area contributed by atoms with Crippen molar-refractivity contribution in [2.45, 2.75) is 6.92 Å². The Morgan fingerprint density at radius 2 is 2.16 bits per heavy atom. The fourth-order valence-corrected chi connectivity index (χ4v) is 2.53. The van der Waals surface area contributed by atoms with Gasteiger partial charge in [-0.05, 0) is 18.4 Å². The highest BCUT2D eigenvalue weighted by Gasteiger charge is 2.24. The fraction of sp³-hybridized carbons (Fsp3) is 0.200. The van der Waals surface area contributed by atoms with Crippen molar-refractivity contribution in [3.05, 3.63) is 45.9 Å². The highest BCUT2D eigenvalue weighted by molar-refractivity contribution is 8.04. The van der Waals surface area contributed by atoms with Gasteiger partial charge in [0.05, 0.1) is 24.4 Å². The number of nitrogens with one attached hydrogen (secondary N) is 1. The highest BCUT2D eigenvalue weighted by atomic mass is 35.5. The Balaban J connectivity index is 2.16. The average molecular weight is 389 g/mol. The second-order valence-electron chi connectivity index (χ2n) is 4.43. The smallest absolute Gasteiger partial charge is 0.495 e. The van der Waals surface area contributed by atoms with Crippen molar-refractivity contribution in [1.82, 2.24) is 4.90 Å². The van der Waals surface area contributed by atoms with Crippen LogP contribution in [0.25, 0.3) is 0 Å². The normalized spacial score (nSPS) is 13.1. The van der Waals surface area contributed by atoms with Gasteiger partial charge in [-0.1, -0.05) is 23.4 Å². The summed E-state index contributed by atoms with van der Waals surface area (Å²) in [6, 6.07) is 1.51. The number of ether oxygens (including phenoxy) is 3. The van der Waals surface area contributed by atoms with Gasteiger partial charge >= 0.3 is 12.2 Å². The molecule has 10 heteroatoms. The molecule has 0 saturated heterocycles. The van der Waals surface area contributed by atoms with E-state index in [1.807, 2.05) is 0 Å². The molecule has 1 aliphatic rings. The van der Waals surface area contributed by atoms with Gasteiger partial charge in [0.15, 0.2) is 0 Å². The maximum atomic E-state index is 14.0. The minimum atomic E-state index is -0.957. The summed E-state index contributed by atoms with van der Waals surface area (Å²) in [5.74, 6) is -0.627. The van der Waals surface area contributed by atoms with Gasteiger partial charge in [-0.15, -0.1) is 0 Å². The standard InChI is InChI=1S/C15H14ClFN2O5S/c1-3-23-15(21)24-13-8-25-5-4-19(13)14(20)18-11-7-12(22-2)9(16)6-10(11)17/h4-8H,3H2,1-2H3,(H,18,20). The zero-order valence-corrected chi connectivity index (χ0v) is 14.8. The predicted octanol–water partition coefficient (Wildman–Crippen LogP) is 4.51. The largest absolute Gasteiger partial charge is 0.515 e. The van der Waals surface area contributed by atoms with E-state index in [2.05, 4.69) is 10.1 Å². The van der Waals surface area contributed by atoms with Crippen LogP contribution in [-0.4, -0.2) is 30.8 Å². The molecule has 0 aliphatic carbocycles. The molecule has 1 N–H and O–H groups in total. The van der Waals surface area contributed by atoms with E-state index in [9.17, 15) is 14.0 Å². The number of nitrogens with zero attached hydrogens (tertiary/aromatic N) is 1. The third-order valence-corrected chi connectivity index (χ3v) is 3.76. The molecule has 0 aromatic heterocycles. The molecule has 0 atom stereocenters. The van der Waals surface area contributed by atoms with Gasteiger partial charge in [-0.3, -0.25) is 0 Å². The predicted molar refractivity (Wildman–Crippen MR) is 91.7 cm³/mol. The van der Waals surface area contributed by atoms with Crippen molar-refractivity contribution in [3.63, 3.8) is 0 Å². The number of carbonyl (C=O) groups excluding carboxylic acids is 2. The lowest BCUT2D eigenvalue weighted by molar-refractivity contribution is 0.0688. The van der Waals surface area contributed by atoms with Crippen molar-refractivity contribution >= 4 is 41.2 Å². The lowest BCUT2D eigenvalue weighted by atomic mass is 10.3. The molecule has 2 amide bonds. The van der Waals surface area contributed by atoms with E-state index in [0.717, 1.165) is 11.0 Å². The number of carbonyl (C=O) groups is 2. The van der Waals surface area contributed by atoms with E-state index in [-0.39, 0.29) is 28.9 Å². The summed E-state index contributed by atoms with van der Waals surface area (Å²) in [5, 5.41) is 5.43. The number of methoxy groups -OCH3 is 1. The molecule has 0 saturated carbocycles. The van der Waals surface area contributed by atoms with Crippen molar-refractivity contribution in [2.24, 2.45) is 0 Å². The molecule has 0 fully saturated rings. The van der Waals surface area contributed by atoms with Crippen LogP contribution in [0.2, 0.25) is 5.02 Å². The van der Waals surface area contributed by atoms with E-state index in [0.29, 0.717) is 0 Å². The number of thioether (sulfide) groups is 1. The topological polar surface area (TPSA) is 77.1 Å². The van der Waals surface area contributed by atoms with Crippen LogP contribution in [0, 0.1) is 5.82 Å². The third-order valence-electron chi connectivity index (χ3n) is 2.85. The SMILES string of the molecule is CCOC(=O)OC1=CSC=CN1C(=O)Nc1cc(OC)c(Cl)cc1F. The van der Waals surface area contributed by atoms with Gasteiger partial charge in [-0.2, -0.15) is 0 Å². The van der Waals surface area contributed by atoms with E-state index < -0.39 is 18.0 Å². The molecule has 1 aliphatic heterocycles. The molecule has 1 aromatic carbocycles. The van der Waals surface area contributed by atoms with Crippen molar-refractivity contribution in [1.29, 1.82) is 0 Å². The molecule has 134 valence electrons. The summed E-state index contributed by atoms with van der Waals surface area (Å²) in [7, 11) is 1.36. The van der Waals surface area contributed by atoms with Crippen LogP contribution >= 0.6 is 23.4 Å². The molecule has 1 heterocycles. The van der Waals surface area contributed by atoms with E-state index >= 15 is 0 Å². The van der Waals surface area contributed by atoms with Crippen LogP contribution < -0.4 is 10.1 Å². The maximum absolute atomic E-state index is 14.0. The summed E-state index contributed by atoms with van der Waals surface area (Å²) < 4.78 is 28.6. The first-order valence-corrected chi connectivity index (χ1v) is 8.28. The van der Waals surface area contributed by atoms with Crippen molar-refractivity contribution in [3.8, 4) is 5.75 Å². The second-order valence-corrected chi connectivity index (χ2v) is 5.62. The van der Waals surface area contributed by atoms with Gasteiger partial charge in [-0.25, -0.2) is 18.9 Å². The van der Waals surface area contributed by atoms with Crippen LogP contribution in [0.4, 0.5) is 19.7 Å². The number of halogens is 2. The molecular weight excluding hydrogens is 375 g/mol.